The minimum Gasteiger partial charge on any atom is -0.486 e. The number of rotatable bonds is 4. The predicted molar refractivity (Wildman–Crippen MR) is 79.5 cm³/mol. The Morgan fingerprint density at radius 2 is 2.10 bits per heavy atom. The van der Waals surface area contributed by atoms with Crippen LogP contribution in [0.1, 0.15) is 19.3 Å². The summed E-state index contributed by atoms with van der Waals surface area (Å²) < 4.78 is 11.9. The summed E-state index contributed by atoms with van der Waals surface area (Å²) in [6.07, 6.45) is 4.06. The first kappa shape index (κ1) is 13.7. The van der Waals surface area contributed by atoms with Crippen molar-refractivity contribution in [3.05, 3.63) is 24.3 Å². The van der Waals surface area contributed by atoms with E-state index >= 15 is 0 Å². The fourth-order valence-corrected chi connectivity index (χ4v) is 3.18. The molecule has 20 heavy (non-hydrogen) atoms. The highest BCUT2D eigenvalue weighted by molar-refractivity contribution is 5.40. The van der Waals surface area contributed by atoms with Crippen LogP contribution in [0.5, 0.6) is 11.5 Å². The molecule has 4 heteroatoms. The number of nitrogens with one attached hydrogen (secondary N) is 1. The highest BCUT2D eigenvalue weighted by Gasteiger charge is 2.28. The van der Waals surface area contributed by atoms with Crippen LogP contribution in [0.4, 0.5) is 0 Å². The van der Waals surface area contributed by atoms with E-state index in [-0.39, 0.29) is 6.10 Å². The van der Waals surface area contributed by atoms with Gasteiger partial charge in [-0.3, -0.25) is 4.90 Å². The maximum absolute atomic E-state index is 6.07. The zero-order valence-electron chi connectivity index (χ0n) is 12.2. The number of hydrogen-bond acceptors (Lipinski definition) is 4. The lowest BCUT2D eigenvalue weighted by Gasteiger charge is -2.38. The Kier molecular flexibility index (Phi) is 4.43. The van der Waals surface area contributed by atoms with Crippen LogP contribution < -0.4 is 14.8 Å². The highest BCUT2D eigenvalue weighted by atomic mass is 16.6. The molecule has 0 spiro atoms. The third kappa shape index (κ3) is 3.07. The van der Waals surface area contributed by atoms with E-state index in [1.807, 2.05) is 31.3 Å². The molecule has 0 saturated carbocycles. The number of likely N-dealkylation sites (tertiary alicyclic amines) is 1. The van der Waals surface area contributed by atoms with Gasteiger partial charge in [0, 0.05) is 19.1 Å². The molecule has 2 aliphatic heterocycles. The average molecular weight is 276 g/mol. The molecule has 1 saturated heterocycles. The van der Waals surface area contributed by atoms with Crippen molar-refractivity contribution in [1.82, 2.24) is 10.2 Å². The molecule has 1 N–H and O–H groups in total. The van der Waals surface area contributed by atoms with Gasteiger partial charge in [0.2, 0.25) is 0 Å². The summed E-state index contributed by atoms with van der Waals surface area (Å²) in [7, 11) is 2.03. The maximum atomic E-state index is 6.07. The lowest BCUT2D eigenvalue weighted by atomic mass is 10.0. The van der Waals surface area contributed by atoms with Crippen molar-refractivity contribution in [2.24, 2.45) is 0 Å². The number of nitrogens with zero attached hydrogens (tertiary/aromatic N) is 1. The molecule has 0 bridgehead atoms. The topological polar surface area (TPSA) is 33.7 Å². The van der Waals surface area contributed by atoms with E-state index in [1.165, 1.54) is 25.8 Å². The second-order valence-corrected chi connectivity index (χ2v) is 5.70. The lowest BCUT2D eigenvalue weighted by molar-refractivity contribution is 0.0347. The van der Waals surface area contributed by atoms with E-state index in [4.69, 9.17) is 9.47 Å². The summed E-state index contributed by atoms with van der Waals surface area (Å²) in [6.45, 7) is 3.85. The SMILES string of the molecule is CNCC1CCCCN1CC1COc2ccccc2O1. The summed E-state index contributed by atoms with van der Waals surface area (Å²) in [5.41, 5.74) is 0. The molecule has 2 atom stereocenters. The number of piperidine rings is 1. The van der Waals surface area contributed by atoms with Gasteiger partial charge in [-0.25, -0.2) is 0 Å². The fraction of sp³-hybridized carbons (Fsp3) is 0.625. The number of likely N-dealkylation sites (N-methyl/N-ethyl adjacent to an activating group) is 1. The minimum absolute atomic E-state index is 0.141. The maximum Gasteiger partial charge on any atom is 0.161 e. The van der Waals surface area contributed by atoms with Gasteiger partial charge in [0.25, 0.3) is 0 Å². The highest BCUT2D eigenvalue weighted by Crippen LogP contribution is 2.31. The van der Waals surface area contributed by atoms with Crippen molar-refractivity contribution >= 4 is 0 Å². The number of hydrogen-bond donors (Lipinski definition) is 1. The molecule has 3 rings (SSSR count). The Balaban J connectivity index is 1.60. The van der Waals surface area contributed by atoms with Crippen LogP contribution in [-0.2, 0) is 0 Å². The Morgan fingerprint density at radius 3 is 2.95 bits per heavy atom. The smallest absolute Gasteiger partial charge is 0.161 e. The number of fused-ring (bicyclic) bond motifs is 1. The normalized spacial score (nSPS) is 26.4. The molecule has 2 unspecified atom stereocenters. The number of ether oxygens (including phenoxy) is 2. The third-order valence-electron chi connectivity index (χ3n) is 4.19. The number of para-hydroxylation sites is 2. The number of benzene rings is 1. The fourth-order valence-electron chi connectivity index (χ4n) is 3.18. The zero-order chi connectivity index (χ0) is 13.8. The quantitative estimate of drug-likeness (QED) is 0.911. The van der Waals surface area contributed by atoms with Crippen LogP contribution in [0.3, 0.4) is 0 Å². The molecule has 2 heterocycles. The Labute approximate surface area is 121 Å². The van der Waals surface area contributed by atoms with E-state index in [1.54, 1.807) is 0 Å². The summed E-state index contributed by atoms with van der Waals surface area (Å²) in [6, 6.07) is 8.57. The first-order valence-corrected chi connectivity index (χ1v) is 7.64. The monoisotopic (exact) mass is 276 g/mol. The summed E-state index contributed by atoms with van der Waals surface area (Å²) >= 11 is 0. The molecule has 110 valence electrons. The van der Waals surface area contributed by atoms with Crippen molar-refractivity contribution in [2.45, 2.75) is 31.4 Å². The molecule has 0 radical (unpaired) electrons. The van der Waals surface area contributed by atoms with Crippen LogP contribution in [-0.4, -0.2) is 50.3 Å². The van der Waals surface area contributed by atoms with Crippen molar-refractivity contribution in [3.63, 3.8) is 0 Å². The van der Waals surface area contributed by atoms with E-state index in [0.29, 0.717) is 12.6 Å². The standard InChI is InChI=1S/C16H24N2O2/c1-17-10-13-6-4-5-9-18(13)11-14-12-19-15-7-2-3-8-16(15)20-14/h2-3,7-8,13-14,17H,4-6,9-12H2,1H3. The van der Waals surface area contributed by atoms with Gasteiger partial charge in [-0.05, 0) is 38.6 Å². The van der Waals surface area contributed by atoms with Gasteiger partial charge in [0.15, 0.2) is 11.5 Å². The van der Waals surface area contributed by atoms with Gasteiger partial charge in [-0.2, -0.15) is 0 Å². The van der Waals surface area contributed by atoms with Gasteiger partial charge < -0.3 is 14.8 Å². The van der Waals surface area contributed by atoms with Crippen molar-refractivity contribution < 1.29 is 9.47 Å². The van der Waals surface area contributed by atoms with Gasteiger partial charge in [-0.15, -0.1) is 0 Å². The molecule has 0 aliphatic carbocycles. The molecule has 0 amide bonds. The molecule has 2 aliphatic rings. The lowest BCUT2D eigenvalue weighted by Crippen LogP contribution is -2.50. The predicted octanol–water partition coefficient (Wildman–Crippen LogP) is 1.90. The van der Waals surface area contributed by atoms with Crippen LogP contribution in [0.15, 0.2) is 24.3 Å². The molecule has 1 aromatic carbocycles. The van der Waals surface area contributed by atoms with E-state index < -0.39 is 0 Å². The first-order chi connectivity index (χ1) is 9.86. The van der Waals surface area contributed by atoms with Crippen LogP contribution in [0, 0.1) is 0 Å². The third-order valence-corrected chi connectivity index (χ3v) is 4.19. The van der Waals surface area contributed by atoms with Crippen LogP contribution >= 0.6 is 0 Å². The Bertz CT molecular complexity index is 436. The second kappa shape index (κ2) is 6.46. The molecule has 4 nitrogen and oxygen atoms in total. The first-order valence-electron chi connectivity index (χ1n) is 7.64. The van der Waals surface area contributed by atoms with Crippen molar-refractivity contribution in [2.75, 3.05) is 33.3 Å². The van der Waals surface area contributed by atoms with E-state index in [0.717, 1.165) is 24.6 Å². The Morgan fingerprint density at radius 1 is 1.25 bits per heavy atom. The summed E-state index contributed by atoms with van der Waals surface area (Å²) in [5.74, 6) is 1.75. The van der Waals surface area contributed by atoms with Crippen LogP contribution in [0.25, 0.3) is 0 Å². The van der Waals surface area contributed by atoms with Gasteiger partial charge >= 0.3 is 0 Å². The average Bonchev–Trinajstić information content (AvgIpc) is 2.49. The second-order valence-electron chi connectivity index (χ2n) is 5.70. The van der Waals surface area contributed by atoms with Gasteiger partial charge in [0.1, 0.15) is 12.7 Å². The summed E-state index contributed by atoms with van der Waals surface area (Å²) in [4.78, 5) is 2.56. The van der Waals surface area contributed by atoms with Crippen LogP contribution in [0.2, 0.25) is 0 Å². The zero-order valence-corrected chi connectivity index (χ0v) is 12.2. The molecule has 0 aromatic heterocycles. The Hall–Kier alpha value is -1.26. The molecular formula is C16H24N2O2. The van der Waals surface area contributed by atoms with Crippen molar-refractivity contribution in [3.8, 4) is 11.5 Å². The largest absolute Gasteiger partial charge is 0.486 e. The molecular weight excluding hydrogens is 252 g/mol. The van der Waals surface area contributed by atoms with E-state index in [9.17, 15) is 0 Å². The molecule has 1 aromatic rings. The molecule has 1 fully saturated rings. The minimum atomic E-state index is 0.141. The van der Waals surface area contributed by atoms with Gasteiger partial charge in [0.05, 0.1) is 0 Å². The summed E-state index contributed by atoms with van der Waals surface area (Å²) in [5, 5.41) is 3.31. The van der Waals surface area contributed by atoms with E-state index in [2.05, 4.69) is 10.2 Å². The van der Waals surface area contributed by atoms with Crippen molar-refractivity contribution in [1.29, 1.82) is 0 Å². The van der Waals surface area contributed by atoms with Gasteiger partial charge in [-0.1, -0.05) is 18.6 Å².